The van der Waals surface area contributed by atoms with E-state index in [0.717, 1.165) is 17.8 Å². The number of methoxy groups -OCH3 is 1. The molecule has 4 saturated carbocycles. The van der Waals surface area contributed by atoms with Gasteiger partial charge < -0.3 is 4.74 Å². The highest BCUT2D eigenvalue weighted by Gasteiger charge is 2.51. The maximum absolute atomic E-state index is 12.7. The summed E-state index contributed by atoms with van der Waals surface area (Å²) >= 11 is 0. The molecule has 0 radical (unpaired) electrons. The number of esters is 1. The zero-order valence-electron chi connectivity index (χ0n) is 17.1. The van der Waals surface area contributed by atoms with Gasteiger partial charge in [-0.15, -0.1) is 0 Å². The Morgan fingerprint density at radius 1 is 0.900 bits per heavy atom. The lowest BCUT2D eigenvalue weighted by Crippen LogP contribution is -2.48. The Kier molecular flexibility index (Phi) is 4.65. The topological polar surface area (TPSA) is 72.5 Å². The number of nitrogens with one attached hydrogen (secondary N) is 1. The summed E-state index contributed by atoms with van der Waals surface area (Å²) in [5.41, 5.74) is 2.54. The van der Waals surface area contributed by atoms with Crippen molar-refractivity contribution in [1.82, 2.24) is 0 Å². The molecule has 0 atom stereocenters. The number of carbonyl (C=O) groups is 1. The van der Waals surface area contributed by atoms with Crippen molar-refractivity contribution in [1.29, 1.82) is 0 Å². The Morgan fingerprint density at radius 2 is 1.43 bits per heavy atom. The predicted octanol–water partition coefficient (Wildman–Crippen LogP) is 4.74. The van der Waals surface area contributed by atoms with Crippen molar-refractivity contribution < 1.29 is 17.9 Å². The van der Waals surface area contributed by atoms with Crippen molar-refractivity contribution in [2.45, 2.75) is 48.8 Å². The van der Waals surface area contributed by atoms with Crippen LogP contribution in [0.1, 0.15) is 54.4 Å². The zero-order chi connectivity index (χ0) is 20.9. The van der Waals surface area contributed by atoms with Gasteiger partial charge in [-0.1, -0.05) is 12.1 Å². The van der Waals surface area contributed by atoms with Gasteiger partial charge in [0.25, 0.3) is 10.0 Å². The van der Waals surface area contributed by atoms with E-state index in [-0.39, 0.29) is 4.90 Å². The molecule has 30 heavy (non-hydrogen) atoms. The van der Waals surface area contributed by atoms with E-state index in [0.29, 0.717) is 16.7 Å². The van der Waals surface area contributed by atoms with E-state index >= 15 is 0 Å². The number of anilines is 1. The van der Waals surface area contributed by atoms with E-state index in [1.54, 1.807) is 0 Å². The zero-order valence-corrected chi connectivity index (χ0v) is 18.0. The third-order valence-corrected chi connectivity index (χ3v) is 8.77. The van der Waals surface area contributed by atoms with E-state index in [4.69, 9.17) is 0 Å². The predicted molar refractivity (Wildman–Crippen MR) is 115 cm³/mol. The minimum Gasteiger partial charge on any atom is -0.465 e. The third kappa shape index (κ3) is 3.41. The fraction of sp³-hybridized carbons (Fsp3) is 0.458. The van der Waals surface area contributed by atoms with E-state index < -0.39 is 16.0 Å². The summed E-state index contributed by atoms with van der Waals surface area (Å²) < 4.78 is 32.8. The average molecular weight is 426 g/mol. The minimum absolute atomic E-state index is 0.111. The van der Waals surface area contributed by atoms with Crippen molar-refractivity contribution in [3.8, 4) is 0 Å². The van der Waals surface area contributed by atoms with Gasteiger partial charge in [0, 0.05) is 5.69 Å². The quantitative estimate of drug-likeness (QED) is 0.702. The van der Waals surface area contributed by atoms with Crippen LogP contribution in [0.2, 0.25) is 0 Å². The van der Waals surface area contributed by atoms with Crippen molar-refractivity contribution in [2.24, 2.45) is 17.8 Å². The molecule has 0 saturated heterocycles. The third-order valence-electron chi connectivity index (χ3n) is 7.37. The van der Waals surface area contributed by atoms with Crippen LogP contribution in [0.25, 0.3) is 0 Å². The molecule has 5 nitrogen and oxygen atoms in total. The van der Waals surface area contributed by atoms with Gasteiger partial charge in [-0.2, -0.15) is 0 Å². The molecule has 0 aliphatic heterocycles. The number of carbonyl (C=O) groups excluding carboxylic acids is 1. The van der Waals surface area contributed by atoms with E-state index in [2.05, 4.69) is 21.6 Å². The number of rotatable bonds is 5. The first-order valence-electron chi connectivity index (χ1n) is 10.7. The van der Waals surface area contributed by atoms with Crippen LogP contribution in [0.4, 0.5) is 5.69 Å². The smallest absolute Gasteiger partial charge is 0.337 e. The lowest BCUT2D eigenvalue weighted by Gasteiger charge is -2.57. The van der Waals surface area contributed by atoms with Gasteiger partial charge in [0.1, 0.15) is 0 Å². The van der Waals surface area contributed by atoms with E-state index in [9.17, 15) is 13.2 Å². The van der Waals surface area contributed by atoms with Crippen LogP contribution < -0.4 is 4.72 Å². The standard InChI is InChI=1S/C24H27NO4S/c1-29-23(26)19-2-8-22(9-3-19)30(27,28)25-21-6-4-20(5-7-21)24-13-16-10-17(14-24)12-18(11-16)15-24/h2-9,16-18,25H,10-15H2,1H3. The molecule has 0 amide bonds. The molecule has 2 aromatic rings. The normalized spacial score (nSPS) is 29.6. The fourth-order valence-corrected chi connectivity index (χ4v) is 7.52. The molecular weight excluding hydrogens is 398 g/mol. The second kappa shape index (κ2) is 7.12. The van der Waals surface area contributed by atoms with Gasteiger partial charge in [0.05, 0.1) is 17.6 Å². The Labute approximate surface area is 177 Å². The molecular formula is C24H27NO4S. The molecule has 2 aromatic carbocycles. The largest absolute Gasteiger partial charge is 0.465 e. The molecule has 0 aromatic heterocycles. The Morgan fingerprint density at radius 3 is 1.93 bits per heavy atom. The molecule has 0 spiro atoms. The van der Waals surface area contributed by atoms with Gasteiger partial charge in [0.2, 0.25) is 0 Å². The summed E-state index contributed by atoms with van der Waals surface area (Å²) in [5.74, 6) is 2.14. The molecule has 0 heterocycles. The molecule has 4 aliphatic rings. The molecule has 4 aliphatic carbocycles. The Balaban J connectivity index is 1.33. The van der Waals surface area contributed by atoms with Gasteiger partial charge >= 0.3 is 5.97 Å². The van der Waals surface area contributed by atoms with Crippen LogP contribution in [0.15, 0.2) is 53.4 Å². The van der Waals surface area contributed by atoms with Crippen LogP contribution in [-0.2, 0) is 20.2 Å². The number of sulfonamides is 1. The average Bonchev–Trinajstić information content (AvgIpc) is 2.72. The highest BCUT2D eigenvalue weighted by Crippen LogP contribution is 2.60. The molecule has 6 rings (SSSR count). The van der Waals surface area contributed by atoms with Crippen molar-refractivity contribution in [2.75, 3.05) is 11.8 Å². The highest BCUT2D eigenvalue weighted by atomic mass is 32.2. The van der Waals surface area contributed by atoms with E-state index in [1.165, 1.54) is 75.5 Å². The number of hydrogen-bond donors (Lipinski definition) is 1. The number of hydrogen-bond acceptors (Lipinski definition) is 4. The van der Waals surface area contributed by atoms with E-state index in [1.807, 2.05) is 12.1 Å². The van der Waals surface area contributed by atoms with Crippen LogP contribution in [0, 0.1) is 17.8 Å². The molecule has 6 heteroatoms. The first kappa shape index (κ1) is 19.6. The maximum Gasteiger partial charge on any atom is 0.337 e. The first-order chi connectivity index (χ1) is 14.4. The molecule has 1 N–H and O–H groups in total. The molecule has 4 fully saturated rings. The van der Waals surface area contributed by atoms with Crippen LogP contribution in [0.3, 0.4) is 0 Å². The molecule has 158 valence electrons. The summed E-state index contributed by atoms with van der Waals surface area (Å²) in [4.78, 5) is 11.7. The SMILES string of the molecule is COC(=O)c1ccc(S(=O)(=O)Nc2ccc(C34CC5CC(CC(C5)C3)C4)cc2)cc1. The molecule has 4 bridgehead atoms. The Hall–Kier alpha value is -2.34. The summed E-state index contributed by atoms with van der Waals surface area (Å²) in [7, 11) is -2.43. The summed E-state index contributed by atoms with van der Waals surface area (Å²) in [6.07, 6.45) is 8.09. The Bertz CT molecular complexity index is 1020. The number of ether oxygens (including phenoxy) is 1. The minimum atomic E-state index is -3.72. The first-order valence-corrected chi connectivity index (χ1v) is 12.2. The lowest BCUT2D eigenvalue weighted by molar-refractivity contribution is -0.00518. The van der Waals surface area contributed by atoms with Gasteiger partial charge in [-0.3, -0.25) is 4.72 Å². The summed E-state index contributed by atoms with van der Waals surface area (Å²) in [6.45, 7) is 0. The lowest BCUT2D eigenvalue weighted by atomic mass is 9.48. The monoisotopic (exact) mass is 425 g/mol. The van der Waals surface area contributed by atoms with Crippen LogP contribution in [0.5, 0.6) is 0 Å². The fourth-order valence-electron chi connectivity index (χ4n) is 6.46. The highest BCUT2D eigenvalue weighted by molar-refractivity contribution is 7.92. The van der Waals surface area contributed by atoms with Gasteiger partial charge in [-0.05, 0) is 104 Å². The van der Waals surface area contributed by atoms with Crippen LogP contribution >= 0.6 is 0 Å². The second-order valence-electron chi connectivity index (χ2n) is 9.40. The maximum atomic E-state index is 12.7. The van der Waals surface area contributed by atoms with Crippen molar-refractivity contribution >= 4 is 21.7 Å². The van der Waals surface area contributed by atoms with Crippen LogP contribution in [-0.4, -0.2) is 21.5 Å². The molecule has 0 unspecified atom stereocenters. The van der Waals surface area contributed by atoms with Gasteiger partial charge in [-0.25, -0.2) is 13.2 Å². The van der Waals surface area contributed by atoms with Gasteiger partial charge in [0.15, 0.2) is 0 Å². The second-order valence-corrected chi connectivity index (χ2v) is 11.1. The summed E-state index contributed by atoms with van der Waals surface area (Å²) in [5, 5.41) is 0. The van der Waals surface area contributed by atoms with Crippen molar-refractivity contribution in [3.63, 3.8) is 0 Å². The number of benzene rings is 2. The van der Waals surface area contributed by atoms with Crippen molar-refractivity contribution in [3.05, 3.63) is 59.7 Å². The summed E-state index contributed by atoms with van der Waals surface area (Å²) in [6, 6.07) is 13.7.